The largest absolute Gasteiger partial charge is 0.335 e. The molecule has 0 aliphatic carbocycles. The summed E-state index contributed by atoms with van der Waals surface area (Å²) in [5, 5.41) is 2.81. The Morgan fingerprint density at radius 1 is 1.44 bits per heavy atom. The molecular weight excluding hydrogens is 252 g/mol. The number of fused-ring (bicyclic) bond motifs is 1. The van der Waals surface area contributed by atoms with Crippen LogP contribution in [0.5, 0.6) is 0 Å². The van der Waals surface area contributed by atoms with Crippen LogP contribution in [0, 0.1) is 0 Å². The van der Waals surface area contributed by atoms with Gasteiger partial charge in [0.1, 0.15) is 4.90 Å². The number of rotatable bonds is 1. The van der Waals surface area contributed by atoms with E-state index in [0.29, 0.717) is 5.02 Å². The number of carbonyl (C=O) groups is 1. The van der Waals surface area contributed by atoms with E-state index >= 15 is 0 Å². The molecule has 0 radical (unpaired) electrons. The van der Waals surface area contributed by atoms with Crippen LogP contribution in [0.15, 0.2) is 23.1 Å². The first kappa shape index (κ1) is 11.2. The lowest BCUT2D eigenvalue weighted by molar-refractivity contribution is 0.236. The lowest BCUT2D eigenvalue weighted by Gasteiger charge is -2.27. The minimum Gasteiger partial charge on any atom is -0.306 e. The summed E-state index contributed by atoms with van der Waals surface area (Å²) < 4.78 is 24.8. The zero-order valence-corrected chi connectivity index (χ0v) is 9.97. The van der Waals surface area contributed by atoms with E-state index in [-0.39, 0.29) is 17.1 Å². The third kappa shape index (κ3) is 1.54. The highest BCUT2D eigenvalue weighted by molar-refractivity contribution is 7.90. The van der Waals surface area contributed by atoms with Gasteiger partial charge < -0.3 is 5.32 Å². The number of hydrogen-bond donors (Lipinski definition) is 1. The van der Waals surface area contributed by atoms with Gasteiger partial charge in [-0.1, -0.05) is 11.6 Å². The Labute approximate surface area is 98.1 Å². The number of halogens is 1. The van der Waals surface area contributed by atoms with E-state index in [1.54, 1.807) is 6.92 Å². The summed E-state index contributed by atoms with van der Waals surface area (Å²) in [5.74, 6) is 0. The molecule has 1 N–H and O–H groups in total. The maximum Gasteiger partial charge on any atom is 0.335 e. The maximum absolute atomic E-state index is 12.0. The molecule has 0 spiro atoms. The molecule has 0 unspecified atom stereocenters. The second-order valence-corrected chi connectivity index (χ2v) is 5.51. The van der Waals surface area contributed by atoms with Gasteiger partial charge in [-0.05, 0) is 25.1 Å². The Hall–Kier alpha value is -1.27. The fourth-order valence-corrected chi connectivity index (χ4v) is 3.28. The van der Waals surface area contributed by atoms with Crippen LogP contribution in [-0.4, -0.2) is 25.3 Å². The Kier molecular flexibility index (Phi) is 2.55. The van der Waals surface area contributed by atoms with Gasteiger partial charge in [-0.25, -0.2) is 17.5 Å². The molecule has 0 saturated carbocycles. The summed E-state index contributed by atoms with van der Waals surface area (Å²) in [6.45, 7) is 1.67. The molecule has 0 aromatic heterocycles. The van der Waals surface area contributed by atoms with Crippen molar-refractivity contribution in [3.63, 3.8) is 0 Å². The van der Waals surface area contributed by atoms with Crippen LogP contribution in [0.1, 0.15) is 6.92 Å². The second kappa shape index (κ2) is 3.64. The first-order chi connectivity index (χ1) is 7.46. The molecule has 2 amide bonds. The minimum atomic E-state index is -3.77. The zero-order chi connectivity index (χ0) is 11.9. The number of sulfonamides is 1. The number of hydrogen-bond acceptors (Lipinski definition) is 3. The first-order valence-corrected chi connectivity index (χ1v) is 6.42. The summed E-state index contributed by atoms with van der Waals surface area (Å²) >= 11 is 5.74. The number of amides is 2. The van der Waals surface area contributed by atoms with Gasteiger partial charge >= 0.3 is 6.03 Å². The van der Waals surface area contributed by atoms with Crippen molar-refractivity contribution >= 4 is 33.3 Å². The summed E-state index contributed by atoms with van der Waals surface area (Å²) in [4.78, 5) is 11.5. The van der Waals surface area contributed by atoms with Gasteiger partial charge in [-0.2, -0.15) is 0 Å². The molecule has 1 aliphatic heterocycles. The van der Waals surface area contributed by atoms with Crippen molar-refractivity contribution in [1.82, 2.24) is 4.31 Å². The van der Waals surface area contributed by atoms with Crippen molar-refractivity contribution in [1.29, 1.82) is 0 Å². The summed E-state index contributed by atoms with van der Waals surface area (Å²) in [6.07, 6.45) is 0. The van der Waals surface area contributed by atoms with Gasteiger partial charge in [-0.15, -0.1) is 0 Å². The van der Waals surface area contributed by atoms with Crippen molar-refractivity contribution in [3.8, 4) is 0 Å². The molecule has 1 heterocycles. The Bertz CT molecular complexity index is 556. The maximum atomic E-state index is 12.0. The molecule has 86 valence electrons. The van der Waals surface area contributed by atoms with Crippen LogP contribution in [-0.2, 0) is 10.0 Å². The van der Waals surface area contributed by atoms with Crippen molar-refractivity contribution in [2.75, 3.05) is 11.9 Å². The van der Waals surface area contributed by atoms with Crippen molar-refractivity contribution in [2.45, 2.75) is 11.8 Å². The highest BCUT2D eigenvalue weighted by atomic mass is 35.5. The SMILES string of the molecule is CCN1C(=O)Nc2ccc(Cl)cc2S1(=O)=O. The molecule has 5 nitrogen and oxygen atoms in total. The fourth-order valence-electron chi connectivity index (χ4n) is 1.53. The van der Waals surface area contributed by atoms with Crippen molar-refractivity contribution in [3.05, 3.63) is 23.2 Å². The zero-order valence-electron chi connectivity index (χ0n) is 8.40. The molecule has 2 rings (SSSR count). The molecule has 1 aliphatic rings. The normalized spacial score (nSPS) is 17.9. The van der Waals surface area contributed by atoms with Gasteiger partial charge in [0.25, 0.3) is 10.0 Å². The van der Waals surface area contributed by atoms with E-state index in [1.807, 2.05) is 0 Å². The van der Waals surface area contributed by atoms with Crippen LogP contribution in [0.2, 0.25) is 5.02 Å². The predicted octanol–water partition coefficient (Wildman–Crippen LogP) is 1.90. The standard InChI is InChI=1S/C9H9ClN2O3S/c1-2-12-9(13)11-7-4-3-6(10)5-8(7)16(12,14)15/h3-5H,2H2,1H3,(H,11,13). The second-order valence-electron chi connectivity index (χ2n) is 3.24. The lowest BCUT2D eigenvalue weighted by atomic mass is 10.3. The number of nitrogens with zero attached hydrogens (tertiary/aromatic N) is 1. The monoisotopic (exact) mass is 260 g/mol. The highest BCUT2D eigenvalue weighted by Crippen LogP contribution is 2.31. The van der Waals surface area contributed by atoms with Crippen LogP contribution in [0.4, 0.5) is 10.5 Å². The highest BCUT2D eigenvalue weighted by Gasteiger charge is 2.35. The van der Waals surface area contributed by atoms with Gasteiger partial charge in [0.2, 0.25) is 0 Å². The molecule has 0 bridgehead atoms. The molecule has 16 heavy (non-hydrogen) atoms. The Morgan fingerprint density at radius 3 is 2.75 bits per heavy atom. The number of carbonyl (C=O) groups excluding carboxylic acids is 1. The quantitative estimate of drug-likeness (QED) is 0.839. The average molecular weight is 261 g/mol. The molecule has 1 aromatic carbocycles. The lowest BCUT2D eigenvalue weighted by Crippen LogP contribution is -2.43. The summed E-state index contributed by atoms with van der Waals surface area (Å²) in [5.41, 5.74) is 0.263. The minimum absolute atomic E-state index is 0.0291. The number of urea groups is 1. The van der Waals surface area contributed by atoms with Crippen molar-refractivity contribution in [2.24, 2.45) is 0 Å². The molecule has 0 fully saturated rings. The average Bonchev–Trinajstić information content (AvgIpc) is 2.19. The third-order valence-electron chi connectivity index (χ3n) is 2.27. The van der Waals surface area contributed by atoms with E-state index < -0.39 is 16.1 Å². The first-order valence-electron chi connectivity index (χ1n) is 4.60. The van der Waals surface area contributed by atoms with E-state index in [2.05, 4.69) is 5.32 Å². The molecular formula is C9H9ClN2O3S. The van der Waals surface area contributed by atoms with Gasteiger partial charge in [0.05, 0.1) is 5.69 Å². The van der Waals surface area contributed by atoms with Gasteiger partial charge in [-0.3, -0.25) is 0 Å². The van der Waals surface area contributed by atoms with E-state index in [4.69, 9.17) is 11.6 Å². The number of nitrogens with one attached hydrogen (secondary N) is 1. The topological polar surface area (TPSA) is 66.5 Å². The molecule has 1 aromatic rings. The molecule has 7 heteroatoms. The number of anilines is 1. The van der Waals surface area contributed by atoms with Crippen molar-refractivity contribution < 1.29 is 13.2 Å². The fraction of sp³-hybridized carbons (Fsp3) is 0.222. The van der Waals surface area contributed by atoms with Crippen LogP contribution < -0.4 is 5.32 Å². The van der Waals surface area contributed by atoms with Gasteiger partial charge in [0, 0.05) is 11.6 Å². The molecule has 0 saturated heterocycles. The Balaban J connectivity index is 2.68. The third-order valence-corrected chi connectivity index (χ3v) is 4.40. The van der Waals surface area contributed by atoms with Gasteiger partial charge in [0.15, 0.2) is 0 Å². The smallest absolute Gasteiger partial charge is 0.306 e. The summed E-state index contributed by atoms with van der Waals surface area (Å²) in [7, 11) is -3.77. The van der Waals surface area contributed by atoms with E-state index in [1.165, 1.54) is 18.2 Å². The number of benzene rings is 1. The van der Waals surface area contributed by atoms with E-state index in [9.17, 15) is 13.2 Å². The van der Waals surface area contributed by atoms with Crippen LogP contribution >= 0.6 is 11.6 Å². The Morgan fingerprint density at radius 2 is 2.12 bits per heavy atom. The van der Waals surface area contributed by atoms with Crippen LogP contribution in [0.25, 0.3) is 0 Å². The molecule has 0 atom stereocenters. The van der Waals surface area contributed by atoms with Crippen LogP contribution in [0.3, 0.4) is 0 Å². The van der Waals surface area contributed by atoms with E-state index in [0.717, 1.165) is 4.31 Å². The predicted molar refractivity (Wildman–Crippen MR) is 60.0 cm³/mol. The summed E-state index contributed by atoms with van der Waals surface area (Å²) in [6, 6.07) is 3.68.